The fraction of sp³-hybridized carbons (Fsp3) is 0.417. The fourth-order valence-corrected chi connectivity index (χ4v) is 2.59. The van der Waals surface area contributed by atoms with E-state index in [9.17, 15) is 4.79 Å². The highest BCUT2D eigenvalue weighted by Crippen LogP contribution is 2.34. The summed E-state index contributed by atoms with van der Waals surface area (Å²) in [6.45, 7) is 0.891. The molecule has 3 nitrogen and oxygen atoms in total. The molecule has 5 heteroatoms. The van der Waals surface area contributed by atoms with Crippen LogP contribution >= 0.6 is 23.2 Å². The van der Waals surface area contributed by atoms with E-state index in [1.807, 2.05) is 17.0 Å². The molecule has 1 N–H and O–H groups in total. The molecule has 1 aliphatic heterocycles. The first-order chi connectivity index (χ1) is 8.08. The van der Waals surface area contributed by atoms with Crippen LogP contribution < -0.4 is 0 Å². The van der Waals surface area contributed by atoms with Crippen LogP contribution in [0, 0.1) is 0 Å². The Morgan fingerprint density at radius 1 is 1.41 bits per heavy atom. The molecule has 0 saturated carbocycles. The Morgan fingerprint density at radius 3 is 2.82 bits per heavy atom. The number of carbonyl (C=O) groups is 1. The van der Waals surface area contributed by atoms with Crippen LogP contribution in [-0.2, 0) is 4.79 Å². The van der Waals surface area contributed by atoms with Crippen molar-refractivity contribution >= 4 is 29.2 Å². The van der Waals surface area contributed by atoms with E-state index in [-0.39, 0.29) is 12.6 Å². The lowest BCUT2D eigenvalue weighted by Gasteiger charge is -2.23. The molecule has 1 fully saturated rings. The molecule has 0 aromatic heterocycles. The van der Waals surface area contributed by atoms with Gasteiger partial charge in [-0.05, 0) is 37.1 Å². The van der Waals surface area contributed by atoms with Crippen LogP contribution in [0.2, 0.25) is 10.0 Å². The van der Waals surface area contributed by atoms with Gasteiger partial charge in [0.2, 0.25) is 0 Å². The summed E-state index contributed by atoms with van der Waals surface area (Å²) in [6.07, 6.45) is 1.98. The molecular weight excluding hydrogens is 261 g/mol. The van der Waals surface area contributed by atoms with E-state index in [0.717, 1.165) is 24.9 Å². The van der Waals surface area contributed by atoms with Gasteiger partial charge >= 0.3 is 5.97 Å². The SMILES string of the molecule is O=C(O)CN1CCCC1c1ccc(Cl)c(Cl)c1. The lowest BCUT2D eigenvalue weighted by molar-refractivity contribution is -0.138. The standard InChI is InChI=1S/C12H13Cl2NO2/c13-9-4-3-8(6-10(9)14)11-2-1-5-15(11)7-12(16)17/h3-4,6,11H,1-2,5,7H2,(H,16,17). The van der Waals surface area contributed by atoms with Crippen molar-refractivity contribution in [3.8, 4) is 0 Å². The number of rotatable bonds is 3. The number of aliphatic carboxylic acids is 1. The minimum absolute atomic E-state index is 0.0743. The largest absolute Gasteiger partial charge is 0.480 e. The van der Waals surface area contributed by atoms with E-state index in [2.05, 4.69) is 0 Å². The molecule has 1 aromatic carbocycles. The topological polar surface area (TPSA) is 40.5 Å². The summed E-state index contributed by atoms with van der Waals surface area (Å²) in [5.41, 5.74) is 1.04. The zero-order valence-electron chi connectivity index (χ0n) is 9.20. The number of carboxylic acids is 1. The van der Waals surface area contributed by atoms with Gasteiger partial charge in [-0.25, -0.2) is 0 Å². The van der Waals surface area contributed by atoms with Crippen LogP contribution in [0.4, 0.5) is 0 Å². The van der Waals surface area contributed by atoms with Gasteiger partial charge in [0.15, 0.2) is 0 Å². The summed E-state index contributed by atoms with van der Waals surface area (Å²) >= 11 is 11.8. The normalized spacial score (nSPS) is 20.7. The van der Waals surface area contributed by atoms with E-state index < -0.39 is 5.97 Å². The number of nitrogens with zero attached hydrogens (tertiary/aromatic N) is 1. The number of halogens is 2. The lowest BCUT2D eigenvalue weighted by Crippen LogP contribution is -2.29. The second-order valence-corrected chi connectivity index (χ2v) is 5.01. The van der Waals surface area contributed by atoms with Crippen molar-refractivity contribution in [2.75, 3.05) is 13.1 Å². The maximum atomic E-state index is 10.8. The number of hydrogen-bond donors (Lipinski definition) is 1. The van der Waals surface area contributed by atoms with Crippen molar-refractivity contribution in [2.24, 2.45) is 0 Å². The monoisotopic (exact) mass is 273 g/mol. The van der Waals surface area contributed by atoms with Crippen molar-refractivity contribution in [3.05, 3.63) is 33.8 Å². The van der Waals surface area contributed by atoms with E-state index in [1.165, 1.54) is 0 Å². The lowest BCUT2D eigenvalue weighted by atomic mass is 10.0. The maximum Gasteiger partial charge on any atom is 0.317 e. The molecule has 0 spiro atoms. The predicted octanol–water partition coefficient (Wildman–Crippen LogP) is 3.21. The van der Waals surface area contributed by atoms with Gasteiger partial charge in [0.1, 0.15) is 0 Å². The van der Waals surface area contributed by atoms with Crippen molar-refractivity contribution in [2.45, 2.75) is 18.9 Å². The second-order valence-electron chi connectivity index (χ2n) is 4.20. The molecule has 92 valence electrons. The maximum absolute atomic E-state index is 10.8. The van der Waals surface area contributed by atoms with Crippen molar-refractivity contribution in [1.29, 1.82) is 0 Å². The van der Waals surface area contributed by atoms with Crippen LogP contribution in [0.5, 0.6) is 0 Å². The highest BCUT2D eigenvalue weighted by Gasteiger charge is 2.27. The Morgan fingerprint density at radius 2 is 2.18 bits per heavy atom. The first-order valence-corrected chi connectivity index (χ1v) is 6.24. The van der Waals surface area contributed by atoms with Gasteiger partial charge in [-0.1, -0.05) is 29.3 Å². The van der Waals surface area contributed by atoms with E-state index in [4.69, 9.17) is 28.3 Å². The van der Waals surface area contributed by atoms with Crippen LogP contribution in [0.15, 0.2) is 18.2 Å². The summed E-state index contributed by atoms with van der Waals surface area (Å²) in [5.74, 6) is -0.794. The highest BCUT2D eigenvalue weighted by atomic mass is 35.5. The minimum Gasteiger partial charge on any atom is -0.480 e. The third-order valence-corrected chi connectivity index (χ3v) is 3.77. The third kappa shape index (κ3) is 2.92. The molecule has 1 heterocycles. The zero-order valence-corrected chi connectivity index (χ0v) is 10.7. The van der Waals surface area contributed by atoms with Gasteiger partial charge in [-0.15, -0.1) is 0 Å². The Labute approximate surface area is 110 Å². The van der Waals surface area contributed by atoms with Gasteiger partial charge in [-0.2, -0.15) is 0 Å². The minimum atomic E-state index is -0.794. The molecule has 17 heavy (non-hydrogen) atoms. The fourth-order valence-electron chi connectivity index (χ4n) is 2.29. The molecule has 1 saturated heterocycles. The zero-order chi connectivity index (χ0) is 12.4. The molecule has 0 aliphatic carbocycles. The van der Waals surface area contributed by atoms with Gasteiger partial charge in [0.05, 0.1) is 16.6 Å². The summed E-state index contributed by atoms with van der Waals surface area (Å²) in [7, 11) is 0. The van der Waals surface area contributed by atoms with Crippen molar-refractivity contribution < 1.29 is 9.90 Å². The molecule has 0 bridgehead atoms. The number of hydrogen-bond acceptors (Lipinski definition) is 2. The van der Waals surface area contributed by atoms with Crippen molar-refractivity contribution in [1.82, 2.24) is 4.90 Å². The van der Waals surface area contributed by atoms with Gasteiger partial charge in [-0.3, -0.25) is 9.69 Å². The number of benzene rings is 1. The Bertz CT molecular complexity index is 437. The smallest absolute Gasteiger partial charge is 0.317 e. The molecular formula is C12H13Cl2NO2. The van der Waals surface area contributed by atoms with Gasteiger partial charge in [0.25, 0.3) is 0 Å². The molecule has 1 aliphatic rings. The third-order valence-electron chi connectivity index (χ3n) is 3.03. The van der Waals surface area contributed by atoms with Crippen LogP contribution in [0.25, 0.3) is 0 Å². The molecule has 0 amide bonds. The van der Waals surface area contributed by atoms with Gasteiger partial charge < -0.3 is 5.11 Å². The predicted molar refractivity (Wildman–Crippen MR) is 67.6 cm³/mol. The molecule has 0 radical (unpaired) electrons. The highest BCUT2D eigenvalue weighted by molar-refractivity contribution is 6.42. The summed E-state index contributed by atoms with van der Waals surface area (Å²) in [5, 5.41) is 9.89. The summed E-state index contributed by atoms with van der Waals surface area (Å²) < 4.78 is 0. The second kappa shape index (κ2) is 5.25. The number of carboxylic acid groups (broad SMARTS) is 1. The van der Waals surface area contributed by atoms with Crippen LogP contribution in [-0.4, -0.2) is 29.1 Å². The number of likely N-dealkylation sites (tertiary alicyclic amines) is 1. The first kappa shape index (κ1) is 12.7. The average Bonchev–Trinajstić information content (AvgIpc) is 2.69. The van der Waals surface area contributed by atoms with E-state index in [1.54, 1.807) is 6.07 Å². The first-order valence-electron chi connectivity index (χ1n) is 5.48. The average molecular weight is 274 g/mol. The Balaban J connectivity index is 2.20. The van der Waals surface area contributed by atoms with E-state index >= 15 is 0 Å². The molecule has 1 atom stereocenters. The Hall–Kier alpha value is -0.770. The molecule has 1 unspecified atom stereocenters. The summed E-state index contributed by atoms with van der Waals surface area (Å²) in [6, 6.07) is 5.64. The van der Waals surface area contributed by atoms with E-state index in [0.29, 0.717) is 10.0 Å². The Kier molecular flexibility index (Phi) is 3.92. The van der Waals surface area contributed by atoms with Crippen LogP contribution in [0.3, 0.4) is 0 Å². The molecule has 2 rings (SSSR count). The summed E-state index contributed by atoms with van der Waals surface area (Å²) in [4.78, 5) is 12.7. The molecule has 1 aromatic rings. The quantitative estimate of drug-likeness (QED) is 0.920. The van der Waals surface area contributed by atoms with Crippen molar-refractivity contribution in [3.63, 3.8) is 0 Å². The van der Waals surface area contributed by atoms with Crippen LogP contribution in [0.1, 0.15) is 24.4 Å². The van der Waals surface area contributed by atoms with Gasteiger partial charge in [0, 0.05) is 6.04 Å².